The number of allylic oxidation sites excluding steroid dienone is 1. The molecule has 15 heteroatoms. The van der Waals surface area contributed by atoms with Crippen LogP contribution in [0.2, 0.25) is 0 Å². The third-order valence-electron chi connectivity index (χ3n) is 12.5. The number of carbonyl (C=O) groups is 1. The molecule has 0 amide bonds. The van der Waals surface area contributed by atoms with Crippen molar-refractivity contribution in [2.24, 2.45) is 28.1 Å². The summed E-state index contributed by atoms with van der Waals surface area (Å²) in [5.74, 6) is -2.97. The van der Waals surface area contributed by atoms with E-state index < -0.39 is 105 Å². The van der Waals surface area contributed by atoms with Crippen LogP contribution in [-0.4, -0.2) is 146 Å². The van der Waals surface area contributed by atoms with Crippen molar-refractivity contribution >= 4 is 5.97 Å². The lowest BCUT2D eigenvalue weighted by Crippen LogP contribution is -2.67. The first-order chi connectivity index (χ1) is 23.0. The van der Waals surface area contributed by atoms with Crippen LogP contribution in [0.15, 0.2) is 12.2 Å². The van der Waals surface area contributed by atoms with Crippen molar-refractivity contribution in [3.8, 4) is 0 Å². The molecule has 0 aromatic carbocycles. The minimum absolute atomic E-state index is 0.0563. The zero-order chi connectivity index (χ0) is 36.1. The summed E-state index contributed by atoms with van der Waals surface area (Å²) >= 11 is 0. The summed E-state index contributed by atoms with van der Waals surface area (Å²) < 4.78 is 29.0. The van der Waals surface area contributed by atoms with Crippen LogP contribution in [0.1, 0.15) is 72.1 Å². The first-order valence-corrected chi connectivity index (χ1v) is 17.4. The van der Waals surface area contributed by atoms with Crippen molar-refractivity contribution < 1.29 is 74.4 Å². The molecule has 2 aliphatic heterocycles. The summed E-state index contributed by atoms with van der Waals surface area (Å²) in [6.45, 7) is 6.89. The van der Waals surface area contributed by atoms with Crippen molar-refractivity contribution in [1.29, 1.82) is 0 Å². The second-order valence-electron chi connectivity index (χ2n) is 15.8. The van der Waals surface area contributed by atoms with Gasteiger partial charge in [-0.25, -0.2) is 0 Å². The monoisotopic (exact) mass is 704 g/mol. The number of fused-ring (bicyclic) bond motifs is 3. The van der Waals surface area contributed by atoms with Gasteiger partial charge in [0.15, 0.2) is 12.4 Å². The van der Waals surface area contributed by atoms with Gasteiger partial charge < -0.3 is 69.6 Å². The number of hydrogen-bond donors (Lipinski definition) is 9. The van der Waals surface area contributed by atoms with Gasteiger partial charge in [0.1, 0.15) is 42.7 Å². The number of aliphatic hydroxyl groups excluding tert-OH is 8. The number of ether oxygens (including phenoxy) is 5. The molecule has 5 fully saturated rings. The molecule has 2 heterocycles. The van der Waals surface area contributed by atoms with E-state index in [0.717, 1.165) is 44.9 Å². The first-order valence-electron chi connectivity index (χ1n) is 17.4. The van der Waals surface area contributed by atoms with Crippen LogP contribution in [0.25, 0.3) is 0 Å². The van der Waals surface area contributed by atoms with Gasteiger partial charge in [0.05, 0.1) is 31.8 Å². The molecule has 0 aromatic heterocycles. The van der Waals surface area contributed by atoms with Crippen LogP contribution >= 0.6 is 0 Å². The molecule has 9 N–H and O–H groups in total. The molecule has 0 radical (unpaired) electrons. The molecule has 0 spiro atoms. The molecular weight excluding hydrogens is 648 g/mol. The standard InChI is InChI=1S/C34H56O15/c1-17-6-7-20-31(2,12-17)11-8-21-32(20,3)9-5-10-33(21,4)30(43)48-29-27(47-28-25(42)24(41)22(39)18(13-35)45-28)26(23(40)19(14-36)46-29)49-34(44,15-37)16-38/h18-29,35-42,44H,1,5-16H2,2-4H3/t18?,19?,20-,21?,22?,23?,24?,25?,26?,27?,28?,29?,31-,32+,33-/m1/s1. The highest BCUT2D eigenvalue weighted by atomic mass is 16.8. The molecule has 11 unspecified atom stereocenters. The van der Waals surface area contributed by atoms with Crippen LogP contribution in [-0.2, 0) is 28.5 Å². The second-order valence-corrected chi connectivity index (χ2v) is 15.8. The Hall–Kier alpha value is -1.31. The predicted octanol–water partition coefficient (Wildman–Crippen LogP) is -1.18. The third-order valence-corrected chi connectivity index (χ3v) is 12.5. The maximum absolute atomic E-state index is 14.5. The van der Waals surface area contributed by atoms with Crippen molar-refractivity contribution in [2.75, 3.05) is 26.4 Å². The molecule has 49 heavy (non-hydrogen) atoms. The predicted molar refractivity (Wildman–Crippen MR) is 168 cm³/mol. The highest BCUT2D eigenvalue weighted by molar-refractivity contribution is 5.77. The zero-order valence-electron chi connectivity index (χ0n) is 28.6. The maximum atomic E-state index is 14.5. The lowest BCUT2D eigenvalue weighted by atomic mass is 9.40. The molecule has 3 saturated carbocycles. The number of esters is 1. The average Bonchev–Trinajstić information content (AvgIpc) is 3.06. The molecule has 5 aliphatic rings. The van der Waals surface area contributed by atoms with Crippen molar-refractivity contribution in [3.63, 3.8) is 0 Å². The lowest BCUT2D eigenvalue weighted by molar-refractivity contribution is -0.388. The van der Waals surface area contributed by atoms with Crippen molar-refractivity contribution in [1.82, 2.24) is 0 Å². The molecule has 2 saturated heterocycles. The van der Waals surface area contributed by atoms with E-state index in [0.29, 0.717) is 12.3 Å². The lowest BCUT2D eigenvalue weighted by Gasteiger charge is -2.64. The number of aliphatic hydroxyl groups is 9. The molecule has 15 nitrogen and oxygen atoms in total. The van der Waals surface area contributed by atoms with E-state index in [1.807, 2.05) is 6.92 Å². The third kappa shape index (κ3) is 6.97. The van der Waals surface area contributed by atoms with E-state index >= 15 is 0 Å². The molecule has 5 rings (SSSR count). The van der Waals surface area contributed by atoms with E-state index in [9.17, 15) is 50.8 Å². The molecular formula is C34H56O15. The fourth-order valence-corrected chi connectivity index (χ4v) is 9.93. The molecule has 0 aromatic rings. The maximum Gasteiger partial charge on any atom is 0.314 e. The van der Waals surface area contributed by atoms with Crippen molar-refractivity contribution in [3.05, 3.63) is 12.2 Å². The van der Waals surface area contributed by atoms with E-state index in [-0.39, 0.29) is 16.7 Å². The Morgan fingerprint density at radius 2 is 1.47 bits per heavy atom. The summed E-state index contributed by atoms with van der Waals surface area (Å²) in [6.07, 6.45) is -10.5. The smallest absolute Gasteiger partial charge is 0.314 e. The zero-order valence-corrected chi connectivity index (χ0v) is 28.6. The number of hydrogen-bond acceptors (Lipinski definition) is 15. The summed E-state index contributed by atoms with van der Waals surface area (Å²) in [5, 5.41) is 92.8. The highest BCUT2D eigenvalue weighted by Gasteiger charge is 2.63. The Bertz CT molecular complexity index is 1180. The Morgan fingerprint density at radius 1 is 0.837 bits per heavy atom. The van der Waals surface area contributed by atoms with Crippen LogP contribution in [0.3, 0.4) is 0 Å². The quantitative estimate of drug-likeness (QED) is 0.0738. The van der Waals surface area contributed by atoms with Crippen LogP contribution in [0, 0.1) is 28.1 Å². The number of carbonyl (C=O) groups excluding carboxylic acids is 1. The molecule has 0 bridgehead atoms. The Kier molecular flexibility index (Phi) is 11.6. The second kappa shape index (κ2) is 14.6. The fourth-order valence-electron chi connectivity index (χ4n) is 9.93. The van der Waals surface area contributed by atoms with Gasteiger partial charge in [-0.15, -0.1) is 0 Å². The van der Waals surface area contributed by atoms with E-state index in [1.165, 1.54) is 5.57 Å². The van der Waals surface area contributed by atoms with Crippen LogP contribution in [0.4, 0.5) is 0 Å². The van der Waals surface area contributed by atoms with Gasteiger partial charge in [-0.2, -0.15) is 0 Å². The van der Waals surface area contributed by atoms with Crippen molar-refractivity contribution in [2.45, 2.75) is 139 Å². The summed E-state index contributed by atoms with van der Waals surface area (Å²) in [5.41, 5.74) is 0.168. The summed E-state index contributed by atoms with van der Waals surface area (Å²) in [7, 11) is 0. The first kappa shape index (κ1) is 38.9. The highest BCUT2D eigenvalue weighted by Crippen LogP contribution is 2.68. The molecule has 282 valence electrons. The number of rotatable bonds is 10. The van der Waals surface area contributed by atoms with Gasteiger partial charge in [-0.1, -0.05) is 32.4 Å². The minimum Gasteiger partial charge on any atom is -0.432 e. The SMILES string of the molecule is C=C1CC[C@@H]2[C@](C)(CCC3[C@](C)(C(=O)OC4OC(CO)C(O)C(OC(O)(CO)CO)C4OC4OC(CO)C(O)C(O)C4O)CCC[C@]32C)C1. The Morgan fingerprint density at radius 3 is 2.10 bits per heavy atom. The Labute approximate surface area is 286 Å². The van der Waals surface area contributed by atoms with Gasteiger partial charge in [0.25, 0.3) is 0 Å². The summed E-state index contributed by atoms with van der Waals surface area (Å²) in [4.78, 5) is 14.5. The van der Waals surface area contributed by atoms with Crippen LogP contribution in [0.5, 0.6) is 0 Å². The van der Waals surface area contributed by atoms with E-state index in [1.54, 1.807) is 0 Å². The van der Waals surface area contributed by atoms with Crippen LogP contribution < -0.4 is 0 Å². The molecule has 3 aliphatic carbocycles. The van der Waals surface area contributed by atoms with E-state index in [2.05, 4.69) is 20.4 Å². The molecule has 15 atom stereocenters. The summed E-state index contributed by atoms with van der Waals surface area (Å²) in [6, 6.07) is 0. The topological polar surface area (TPSA) is 245 Å². The van der Waals surface area contributed by atoms with Gasteiger partial charge in [-0.05, 0) is 74.5 Å². The fraction of sp³-hybridized carbons (Fsp3) is 0.912. The van der Waals surface area contributed by atoms with E-state index in [4.69, 9.17) is 23.7 Å². The largest absolute Gasteiger partial charge is 0.432 e. The van der Waals surface area contributed by atoms with Gasteiger partial charge in [0.2, 0.25) is 12.1 Å². The van der Waals surface area contributed by atoms with Gasteiger partial charge in [-0.3, -0.25) is 4.79 Å². The van der Waals surface area contributed by atoms with Gasteiger partial charge in [0, 0.05) is 0 Å². The minimum atomic E-state index is -2.65. The Balaban J connectivity index is 1.47. The normalized spacial score (nSPS) is 47.6. The van der Waals surface area contributed by atoms with Gasteiger partial charge >= 0.3 is 5.97 Å². The average molecular weight is 705 g/mol.